The molecule has 0 unspecified atom stereocenters. The van der Waals surface area contributed by atoms with Gasteiger partial charge in [-0.1, -0.05) is 65.9 Å². The van der Waals surface area contributed by atoms with Crippen LogP contribution in [-0.4, -0.2) is 29.3 Å². The molecule has 2 amide bonds. The summed E-state index contributed by atoms with van der Waals surface area (Å²) in [6.07, 6.45) is 1.79. The molecular weight excluding hydrogens is 504 g/mol. The number of anilines is 2. The summed E-state index contributed by atoms with van der Waals surface area (Å²) in [5.41, 5.74) is 5.38. The Morgan fingerprint density at radius 3 is 2.38 bits per heavy atom. The van der Waals surface area contributed by atoms with Crippen LogP contribution in [0.15, 0.2) is 65.6 Å². The van der Waals surface area contributed by atoms with E-state index in [0.717, 1.165) is 33.6 Å². The van der Waals surface area contributed by atoms with Gasteiger partial charge in [-0.05, 0) is 74.7 Å². The molecule has 1 heterocycles. The Kier molecular flexibility index (Phi) is 8.31. The maximum atomic E-state index is 13.1. The second kappa shape index (κ2) is 11.6. The van der Waals surface area contributed by atoms with Crippen LogP contribution in [0.3, 0.4) is 0 Å². The molecule has 3 aromatic carbocycles. The van der Waals surface area contributed by atoms with Gasteiger partial charge >= 0.3 is 0 Å². The number of thioether (sulfide) groups is 1. The van der Waals surface area contributed by atoms with Crippen LogP contribution < -0.4 is 19.7 Å². The molecule has 1 saturated heterocycles. The van der Waals surface area contributed by atoms with E-state index in [2.05, 4.69) is 5.32 Å². The van der Waals surface area contributed by atoms with E-state index in [-0.39, 0.29) is 18.4 Å². The van der Waals surface area contributed by atoms with Crippen LogP contribution in [0, 0.1) is 20.8 Å². The van der Waals surface area contributed by atoms with Crippen LogP contribution in [0.25, 0.3) is 6.08 Å². The van der Waals surface area contributed by atoms with Crippen LogP contribution in [-0.2, 0) is 9.59 Å². The summed E-state index contributed by atoms with van der Waals surface area (Å²) < 4.78 is 12.0. The zero-order chi connectivity index (χ0) is 26.5. The lowest BCUT2D eigenvalue weighted by Crippen LogP contribution is -2.27. The van der Waals surface area contributed by atoms with Gasteiger partial charge in [0.05, 0.1) is 17.2 Å². The van der Waals surface area contributed by atoms with Crippen molar-refractivity contribution in [2.45, 2.75) is 27.7 Å². The molecule has 6 nitrogen and oxygen atoms in total. The zero-order valence-corrected chi connectivity index (χ0v) is 22.8. The van der Waals surface area contributed by atoms with Crippen molar-refractivity contribution in [3.63, 3.8) is 0 Å². The second-order valence-electron chi connectivity index (χ2n) is 8.60. The monoisotopic (exact) mass is 532 g/mol. The third kappa shape index (κ3) is 6.21. The van der Waals surface area contributed by atoms with Crippen LogP contribution in [0.2, 0.25) is 0 Å². The van der Waals surface area contributed by atoms with Gasteiger partial charge < -0.3 is 14.8 Å². The fourth-order valence-electron chi connectivity index (χ4n) is 3.87. The smallest absolute Gasteiger partial charge is 0.270 e. The number of carbonyl (C=O) groups is 2. The van der Waals surface area contributed by atoms with Gasteiger partial charge in [0.25, 0.3) is 11.8 Å². The summed E-state index contributed by atoms with van der Waals surface area (Å²) in [5, 5.41) is 2.92. The molecule has 1 N–H and O–H groups in total. The number of benzene rings is 3. The number of hydrogen-bond donors (Lipinski definition) is 1. The molecular formula is C29H28N2O4S2. The van der Waals surface area contributed by atoms with Crippen molar-refractivity contribution in [2.75, 3.05) is 23.4 Å². The largest absolute Gasteiger partial charge is 0.490 e. The number of nitrogens with one attached hydrogen (secondary N) is 1. The van der Waals surface area contributed by atoms with E-state index in [1.54, 1.807) is 23.1 Å². The lowest BCUT2D eigenvalue weighted by Gasteiger charge is -2.15. The second-order valence-corrected chi connectivity index (χ2v) is 10.3. The standard InChI is InChI=1S/C29H28N2O4S2/c1-5-34-24-15-21(16-25-28(33)31(29(36)37-25)22-12-9-18(2)10-13-22)11-14-23(24)35-17-26(32)30-27-19(3)7-6-8-20(27)4/h6-16H,5,17H2,1-4H3,(H,30,32)/b25-16-. The molecule has 3 aromatic rings. The molecule has 37 heavy (non-hydrogen) atoms. The fraction of sp³-hybridized carbons (Fsp3) is 0.207. The van der Waals surface area contributed by atoms with Crippen LogP contribution in [0.5, 0.6) is 11.5 Å². The van der Waals surface area contributed by atoms with Crippen LogP contribution in [0.1, 0.15) is 29.2 Å². The molecule has 0 radical (unpaired) electrons. The lowest BCUT2D eigenvalue weighted by molar-refractivity contribution is -0.118. The Labute approximate surface area is 226 Å². The molecule has 1 aliphatic heterocycles. The third-order valence-corrected chi connectivity index (χ3v) is 7.06. The van der Waals surface area contributed by atoms with Crippen molar-refractivity contribution >= 4 is 57.6 Å². The molecule has 0 bridgehead atoms. The number of para-hydroxylation sites is 1. The Bertz CT molecular complexity index is 1360. The first-order chi connectivity index (χ1) is 17.8. The quantitative estimate of drug-likeness (QED) is 0.266. The van der Waals surface area contributed by atoms with Gasteiger partial charge in [-0.3, -0.25) is 14.5 Å². The normalized spacial score (nSPS) is 14.3. The number of ether oxygens (including phenoxy) is 2. The highest BCUT2D eigenvalue weighted by atomic mass is 32.2. The van der Waals surface area contributed by atoms with E-state index in [1.165, 1.54) is 11.8 Å². The number of rotatable bonds is 8. The molecule has 190 valence electrons. The molecule has 0 aromatic heterocycles. The first-order valence-corrected chi connectivity index (χ1v) is 13.1. The van der Waals surface area contributed by atoms with E-state index in [1.807, 2.05) is 76.2 Å². The summed E-state index contributed by atoms with van der Waals surface area (Å²) in [6, 6.07) is 18.9. The van der Waals surface area contributed by atoms with E-state index in [4.69, 9.17) is 21.7 Å². The molecule has 0 spiro atoms. The summed E-state index contributed by atoms with van der Waals surface area (Å²) in [5.74, 6) is 0.511. The van der Waals surface area contributed by atoms with Gasteiger partial charge in [-0.25, -0.2) is 0 Å². The zero-order valence-electron chi connectivity index (χ0n) is 21.2. The molecule has 0 atom stereocenters. The summed E-state index contributed by atoms with van der Waals surface area (Å²) in [6.45, 7) is 8.02. The predicted octanol–water partition coefficient (Wildman–Crippen LogP) is 6.43. The summed E-state index contributed by atoms with van der Waals surface area (Å²) in [4.78, 5) is 27.7. The van der Waals surface area contributed by atoms with Gasteiger partial charge in [-0.15, -0.1) is 0 Å². The van der Waals surface area contributed by atoms with E-state index < -0.39 is 0 Å². The first-order valence-electron chi connectivity index (χ1n) is 11.9. The molecule has 0 aliphatic carbocycles. The first kappa shape index (κ1) is 26.4. The number of hydrogen-bond acceptors (Lipinski definition) is 6. The number of thiocarbonyl (C=S) groups is 1. The summed E-state index contributed by atoms with van der Waals surface area (Å²) in [7, 11) is 0. The van der Waals surface area contributed by atoms with Crippen LogP contribution >= 0.6 is 24.0 Å². The Morgan fingerprint density at radius 1 is 1.00 bits per heavy atom. The van der Waals surface area contributed by atoms with Crippen molar-refractivity contribution in [2.24, 2.45) is 0 Å². The van der Waals surface area contributed by atoms with Crippen molar-refractivity contribution in [3.05, 3.63) is 87.8 Å². The number of aryl methyl sites for hydroxylation is 3. The fourth-order valence-corrected chi connectivity index (χ4v) is 5.17. The topological polar surface area (TPSA) is 67.9 Å². The molecule has 8 heteroatoms. The van der Waals surface area contributed by atoms with Gasteiger partial charge in [0.15, 0.2) is 22.4 Å². The maximum Gasteiger partial charge on any atom is 0.270 e. The summed E-state index contributed by atoms with van der Waals surface area (Å²) >= 11 is 6.74. The van der Waals surface area contributed by atoms with Crippen LogP contribution in [0.4, 0.5) is 11.4 Å². The van der Waals surface area contributed by atoms with Gasteiger partial charge in [-0.2, -0.15) is 0 Å². The molecule has 1 fully saturated rings. The molecule has 1 aliphatic rings. The predicted molar refractivity (Wildman–Crippen MR) is 154 cm³/mol. The number of carbonyl (C=O) groups excluding carboxylic acids is 2. The maximum absolute atomic E-state index is 13.1. The highest BCUT2D eigenvalue weighted by molar-refractivity contribution is 8.27. The number of amides is 2. The number of nitrogens with zero attached hydrogens (tertiary/aromatic N) is 1. The highest BCUT2D eigenvalue weighted by Gasteiger charge is 2.33. The Balaban J connectivity index is 1.48. The van der Waals surface area contributed by atoms with Gasteiger partial charge in [0.2, 0.25) is 0 Å². The lowest BCUT2D eigenvalue weighted by atomic mass is 10.1. The van der Waals surface area contributed by atoms with Crippen molar-refractivity contribution in [1.29, 1.82) is 0 Å². The Hall–Kier alpha value is -3.62. The van der Waals surface area contributed by atoms with Crippen molar-refractivity contribution < 1.29 is 19.1 Å². The van der Waals surface area contributed by atoms with E-state index >= 15 is 0 Å². The van der Waals surface area contributed by atoms with Crippen molar-refractivity contribution in [1.82, 2.24) is 0 Å². The minimum absolute atomic E-state index is 0.164. The highest BCUT2D eigenvalue weighted by Crippen LogP contribution is 2.37. The minimum Gasteiger partial charge on any atom is -0.490 e. The Morgan fingerprint density at radius 2 is 1.70 bits per heavy atom. The average Bonchev–Trinajstić information content (AvgIpc) is 3.14. The van der Waals surface area contributed by atoms with Gasteiger partial charge in [0, 0.05) is 5.69 Å². The molecule has 4 rings (SSSR count). The van der Waals surface area contributed by atoms with E-state index in [9.17, 15) is 9.59 Å². The van der Waals surface area contributed by atoms with Crippen molar-refractivity contribution in [3.8, 4) is 11.5 Å². The van der Waals surface area contributed by atoms with E-state index in [0.29, 0.717) is 27.3 Å². The molecule has 0 saturated carbocycles. The average molecular weight is 533 g/mol. The minimum atomic E-state index is -0.260. The SMILES string of the molecule is CCOc1cc(/C=C2\SC(=S)N(c3ccc(C)cc3)C2=O)ccc1OCC(=O)Nc1c(C)cccc1C. The van der Waals surface area contributed by atoms with Gasteiger partial charge in [0.1, 0.15) is 0 Å². The third-order valence-electron chi connectivity index (χ3n) is 5.76.